The molecule has 0 spiro atoms. The standard InChI is InChI=1S/C18H28F2N4O3/c1-6-21-17(23-10-18(2,3)24(4)5)22-9-12-7-14-15(26-11-25-14)8-13(12)27-16(19)20/h7-8,16H,6,9-11H2,1-5H3,(H2,21,22,23). The molecule has 1 aliphatic rings. The maximum Gasteiger partial charge on any atom is 0.387 e. The third-order valence-corrected chi connectivity index (χ3v) is 4.42. The summed E-state index contributed by atoms with van der Waals surface area (Å²) < 4.78 is 40.7. The van der Waals surface area contributed by atoms with Gasteiger partial charge in [0, 0.05) is 30.3 Å². The molecule has 0 atom stereocenters. The Morgan fingerprint density at radius 3 is 2.52 bits per heavy atom. The van der Waals surface area contributed by atoms with E-state index in [-0.39, 0.29) is 24.6 Å². The molecule has 0 bridgehead atoms. The Hall–Kier alpha value is -2.29. The van der Waals surface area contributed by atoms with Crippen LogP contribution in [0.4, 0.5) is 8.78 Å². The van der Waals surface area contributed by atoms with Gasteiger partial charge in [-0.1, -0.05) is 0 Å². The van der Waals surface area contributed by atoms with Crippen LogP contribution in [-0.4, -0.2) is 57.0 Å². The number of fused-ring (bicyclic) bond motifs is 1. The van der Waals surface area contributed by atoms with Crippen LogP contribution < -0.4 is 24.8 Å². The second-order valence-electron chi connectivity index (χ2n) is 6.95. The summed E-state index contributed by atoms with van der Waals surface area (Å²) in [4.78, 5) is 6.60. The first-order valence-corrected chi connectivity index (χ1v) is 8.80. The predicted octanol–water partition coefficient (Wildman–Crippen LogP) is 2.41. The summed E-state index contributed by atoms with van der Waals surface area (Å²) in [6, 6.07) is 3.03. The number of benzene rings is 1. The number of halogens is 2. The molecule has 0 unspecified atom stereocenters. The van der Waals surface area contributed by atoms with E-state index in [2.05, 4.69) is 39.1 Å². The van der Waals surface area contributed by atoms with Crippen molar-refractivity contribution in [3.63, 3.8) is 0 Å². The van der Waals surface area contributed by atoms with E-state index in [0.29, 0.717) is 36.1 Å². The fourth-order valence-corrected chi connectivity index (χ4v) is 2.26. The fourth-order valence-electron chi connectivity index (χ4n) is 2.26. The number of likely N-dealkylation sites (N-methyl/N-ethyl adjacent to an activating group) is 1. The van der Waals surface area contributed by atoms with Crippen LogP contribution >= 0.6 is 0 Å². The minimum absolute atomic E-state index is 0.0301. The van der Waals surface area contributed by atoms with Crippen molar-refractivity contribution in [2.45, 2.75) is 39.5 Å². The SMILES string of the molecule is CCNC(=NCc1cc2c(cc1OC(F)F)OCO2)NCC(C)(C)N(C)C. The zero-order chi connectivity index (χ0) is 20.0. The highest BCUT2D eigenvalue weighted by molar-refractivity contribution is 5.79. The first-order chi connectivity index (χ1) is 12.7. The van der Waals surface area contributed by atoms with E-state index in [1.807, 2.05) is 21.0 Å². The van der Waals surface area contributed by atoms with E-state index in [9.17, 15) is 8.78 Å². The van der Waals surface area contributed by atoms with Gasteiger partial charge in [-0.2, -0.15) is 8.78 Å². The number of alkyl halides is 2. The maximum absolute atomic E-state index is 12.7. The molecule has 152 valence electrons. The van der Waals surface area contributed by atoms with Gasteiger partial charge in [0.05, 0.1) is 6.54 Å². The van der Waals surface area contributed by atoms with Gasteiger partial charge in [0.15, 0.2) is 17.5 Å². The molecule has 0 amide bonds. The zero-order valence-corrected chi connectivity index (χ0v) is 16.4. The molecule has 27 heavy (non-hydrogen) atoms. The summed E-state index contributed by atoms with van der Waals surface area (Å²) in [6.07, 6.45) is 0. The molecule has 0 saturated carbocycles. The molecule has 2 rings (SSSR count). The molecule has 1 aliphatic heterocycles. The molecule has 9 heteroatoms. The lowest BCUT2D eigenvalue weighted by atomic mass is 10.0. The Bertz CT molecular complexity index is 666. The molecule has 2 N–H and O–H groups in total. The number of rotatable bonds is 8. The molecule has 7 nitrogen and oxygen atoms in total. The van der Waals surface area contributed by atoms with Crippen molar-refractivity contribution in [3.05, 3.63) is 17.7 Å². The predicted molar refractivity (Wildman–Crippen MR) is 99.8 cm³/mol. The molecule has 0 radical (unpaired) electrons. The van der Waals surface area contributed by atoms with Crippen LogP contribution in [0.2, 0.25) is 0 Å². The summed E-state index contributed by atoms with van der Waals surface area (Å²) in [5, 5.41) is 6.43. The number of aliphatic imine (C=N–C) groups is 1. The smallest absolute Gasteiger partial charge is 0.387 e. The Kier molecular flexibility index (Phi) is 7.06. The van der Waals surface area contributed by atoms with Gasteiger partial charge in [-0.25, -0.2) is 4.99 Å². The Morgan fingerprint density at radius 2 is 1.93 bits per heavy atom. The molecular weight excluding hydrogens is 358 g/mol. The highest BCUT2D eigenvalue weighted by atomic mass is 19.3. The van der Waals surface area contributed by atoms with Gasteiger partial charge >= 0.3 is 6.61 Å². The van der Waals surface area contributed by atoms with Gasteiger partial charge in [0.1, 0.15) is 5.75 Å². The molecule has 0 aromatic heterocycles. The maximum atomic E-state index is 12.7. The van der Waals surface area contributed by atoms with Crippen molar-refractivity contribution in [3.8, 4) is 17.2 Å². The van der Waals surface area contributed by atoms with Crippen LogP contribution in [0, 0.1) is 0 Å². The van der Waals surface area contributed by atoms with Crippen molar-refractivity contribution in [2.75, 3.05) is 34.0 Å². The molecule has 1 aromatic carbocycles. The summed E-state index contributed by atoms with van der Waals surface area (Å²) in [6.45, 7) is 4.78. The second-order valence-corrected chi connectivity index (χ2v) is 6.95. The van der Waals surface area contributed by atoms with E-state index in [1.165, 1.54) is 6.07 Å². The molecule has 0 fully saturated rings. The van der Waals surface area contributed by atoms with Gasteiger partial charge < -0.3 is 29.7 Å². The number of hydrogen-bond acceptors (Lipinski definition) is 5. The molecular formula is C18H28F2N4O3. The van der Waals surface area contributed by atoms with Crippen LogP contribution in [0.5, 0.6) is 17.2 Å². The van der Waals surface area contributed by atoms with Gasteiger partial charge in [-0.3, -0.25) is 0 Å². The van der Waals surface area contributed by atoms with E-state index in [1.54, 1.807) is 6.07 Å². The summed E-state index contributed by atoms with van der Waals surface area (Å²) in [5.41, 5.74) is 0.405. The Morgan fingerprint density at radius 1 is 1.26 bits per heavy atom. The second kappa shape index (κ2) is 9.07. The van der Waals surface area contributed by atoms with Gasteiger partial charge in [-0.05, 0) is 40.9 Å². The highest BCUT2D eigenvalue weighted by Gasteiger charge is 2.22. The van der Waals surface area contributed by atoms with Crippen LogP contribution in [-0.2, 0) is 6.54 Å². The quantitative estimate of drug-likeness (QED) is 0.528. The lowest BCUT2D eigenvalue weighted by molar-refractivity contribution is -0.0505. The fraction of sp³-hybridized carbons (Fsp3) is 0.611. The number of nitrogens with zero attached hydrogens (tertiary/aromatic N) is 2. The number of nitrogens with one attached hydrogen (secondary N) is 2. The van der Waals surface area contributed by atoms with Crippen LogP contribution in [0.15, 0.2) is 17.1 Å². The van der Waals surface area contributed by atoms with Crippen molar-refractivity contribution in [1.29, 1.82) is 0 Å². The van der Waals surface area contributed by atoms with Crippen molar-refractivity contribution in [1.82, 2.24) is 15.5 Å². The highest BCUT2D eigenvalue weighted by Crippen LogP contribution is 2.39. The van der Waals surface area contributed by atoms with Crippen molar-refractivity contribution in [2.24, 2.45) is 4.99 Å². The summed E-state index contributed by atoms with van der Waals surface area (Å²) >= 11 is 0. The average Bonchev–Trinajstić information content (AvgIpc) is 3.03. The topological polar surface area (TPSA) is 67.4 Å². The van der Waals surface area contributed by atoms with Crippen molar-refractivity contribution < 1.29 is 23.0 Å². The van der Waals surface area contributed by atoms with Gasteiger partial charge in [-0.15, -0.1) is 0 Å². The van der Waals surface area contributed by atoms with E-state index < -0.39 is 6.61 Å². The van der Waals surface area contributed by atoms with E-state index in [4.69, 9.17) is 9.47 Å². The summed E-state index contributed by atoms with van der Waals surface area (Å²) in [7, 11) is 4.01. The van der Waals surface area contributed by atoms with E-state index >= 15 is 0 Å². The Balaban J connectivity index is 2.16. The summed E-state index contributed by atoms with van der Waals surface area (Å²) in [5.74, 6) is 1.50. The van der Waals surface area contributed by atoms with Crippen molar-refractivity contribution >= 4 is 5.96 Å². The molecule has 0 aliphatic carbocycles. The zero-order valence-electron chi connectivity index (χ0n) is 16.4. The van der Waals surface area contributed by atoms with E-state index in [0.717, 1.165) is 0 Å². The number of guanidine groups is 1. The number of hydrogen-bond donors (Lipinski definition) is 2. The van der Waals surface area contributed by atoms with Crippen LogP contribution in [0.1, 0.15) is 26.3 Å². The van der Waals surface area contributed by atoms with Crippen LogP contribution in [0.25, 0.3) is 0 Å². The third-order valence-electron chi connectivity index (χ3n) is 4.42. The molecule has 0 saturated heterocycles. The lowest BCUT2D eigenvalue weighted by Gasteiger charge is -2.33. The third kappa shape index (κ3) is 5.85. The largest absolute Gasteiger partial charge is 0.454 e. The lowest BCUT2D eigenvalue weighted by Crippen LogP contribution is -2.50. The first kappa shape index (κ1) is 21.0. The number of ether oxygens (including phenoxy) is 3. The average molecular weight is 386 g/mol. The normalized spacial score (nSPS) is 14.0. The monoisotopic (exact) mass is 386 g/mol. The molecule has 1 heterocycles. The molecule has 1 aromatic rings. The van der Waals surface area contributed by atoms with Crippen LogP contribution in [0.3, 0.4) is 0 Å². The first-order valence-electron chi connectivity index (χ1n) is 8.80. The van der Waals surface area contributed by atoms with Gasteiger partial charge in [0.2, 0.25) is 6.79 Å². The van der Waals surface area contributed by atoms with Gasteiger partial charge in [0.25, 0.3) is 0 Å². The Labute approximate surface area is 158 Å². The minimum Gasteiger partial charge on any atom is -0.454 e. The minimum atomic E-state index is -2.93.